The Balaban J connectivity index is 1.55. The van der Waals surface area contributed by atoms with Crippen molar-refractivity contribution in [2.45, 2.75) is 19.5 Å². The zero-order valence-electron chi connectivity index (χ0n) is 11.7. The summed E-state index contributed by atoms with van der Waals surface area (Å²) in [6.07, 6.45) is 1.000. The van der Waals surface area contributed by atoms with Crippen LogP contribution in [0.3, 0.4) is 0 Å². The molecule has 108 valence electrons. The molecule has 2 aromatic rings. The Kier molecular flexibility index (Phi) is 2.97. The summed E-state index contributed by atoms with van der Waals surface area (Å²) < 4.78 is 10.9. The lowest BCUT2D eigenvalue weighted by Gasteiger charge is -2.29. The second kappa shape index (κ2) is 4.97. The molecule has 0 saturated carbocycles. The van der Waals surface area contributed by atoms with E-state index >= 15 is 0 Å². The summed E-state index contributed by atoms with van der Waals surface area (Å²) in [6, 6.07) is 11.7. The highest BCUT2D eigenvalue weighted by Crippen LogP contribution is 2.37. The van der Waals surface area contributed by atoms with E-state index in [0.717, 1.165) is 43.1 Å². The van der Waals surface area contributed by atoms with Crippen molar-refractivity contribution < 1.29 is 14.6 Å². The fourth-order valence-electron chi connectivity index (χ4n) is 3.02. The molecule has 0 saturated heterocycles. The molecular weight excluding hydrogens is 266 g/mol. The number of aromatic hydroxyl groups is 1. The fraction of sp³-hybridized carbons (Fsp3) is 0.294. The first kappa shape index (κ1) is 12.5. The normalized spacial score (nSPS) is 16.8. The molecule has 4 heteroatoms. The number of hydrogen-bond acceptors (Lipinski definition) is 4. The van der Waals surface area contributed by atoms with Gasteiger partial charge in [0, 0.05) is 25.2 Å². The summed E-state index contributed by atoms with van der Waals surface area (Å²) in [4.78, 5) is 2.35. The van der Waals surface area contributed by atoms with Crippen molar-refractivity contribution in [1.29, 1.82) is 0 Å². The molecule has 2 aliphatic heterocycles. The van der Waals surface area contributed by atoms with Gasteiger partial charge in [0.1, 0.15) is 5.75 Å². The van der Waals surface area contributed by atoms with Gasteiger partial charge in [-0.25, -0.2) is 0 Å². The lowest BCUT2D eigenvalue weighted by Crippen LogP contribution is -2.30. The second-order valence-electron chi connectivity index (χ2n) is 5.56. The van der Waals surface area contributed by atoms with E-state index in [1.807, 2.05) is 18.2 Å². The Labute approximate surface area is 123 Å². The van der Waals surface area contributed by atoms with Gasteiger partial charge in [0.2, 0.25) is 6.79 Å². The number of fused-ring (bicyclic) bond motifs is 2. The van der Waals surface area contributed by atoms with Gasteiger partial charge < -0.3 is 14.6 Å². The SMILES string of the molecule is Oc1ccccc1CN1CCc2cc3c(cc2C1)OCO3. The van der Waals surface area contributed by atoms with Gasteiger partial charge in [0.15, 0.2) is 11.5 Å². The molecule has 0 bridgehead atoms. The van der Waals surface area contributed by atoms with E-state index in [1.165, 1.54) is 11.1 Å². The Morgan fingerprint density at radius 2 is 1.81 bits per heavy atom. The standard InChI is InChI=1S/C17H17NO3/c19-15-4-2-1-3-13(15)9-18-6-5-12-7-16-17(21-11-20-16)8-14(12)10-18/h1-4,7-8,19H,5-6,9-11H2. The summed E-state index contributed by atoms with van der Waals surface area (Å²) in [5, 5.41) is 9.90. The highest BCUT2D eigenvalue weighted by molar-refractivity contribution is 5.49. The van der Waals surface area contributed by atoms with E-state index in [1.54, 1.807) is 6.07 Å². The predicted molar refractivity (Wildman–Crippen MR) is 78.5 cm³/mol. The van der Waals surface area contributed by atoms with Crippen LogP contribution in [0.25, 0.3) is 0 Å². The van der Waals surface area contributed by atoms with Gasteiger partial charge in [-0.15, -0.1) is 0 Å². The first-order chi connectivity index (χ1) is 10.3. The summed E-state index contributed by atoms with van der Waals surface area (Å²) in [7, 11) is 0. The summed E-state index contributed by atoms with van der Waals surface area (Å²) >= 11 is 0. The third-order valence-corrected chi connectivity index (χ3v) is 4.17. The first-order valence-corrected chi connectivity index (χ1v) is 7.20. The molecule has 0 radical (unpaired) electrons. The smallest absolute Gasteiger partial charge is 0.231 e. The van der Waals surface area contributed by atoms with Crippen LogP contribution in [-0.2, 0) is 19.5 Å². The number of ether oxygens (including phenoxy) is 2. The average molecular weight is 283 g/mol. The van der Waals surface area contributed by atoms with E-state index in [-0.39, 0.29) is 0 Å². The highest BCUT2D eigenvalue weighted by atomic mass is 16.7. The zero-order valence-corrected chi connectivity index (χ0v) is 11.7. The maximum absolute atomic E-state index is 9.90. The van der Waals surface area contributed by atoms with E-state index in [4.69, 9.17) is 9.47 Å². The maximum atomic E-state index is 9.90. The molecule has 0 amide bonds. The van der Waals surface area contributed by atoms with Crippen LogP contribution in [0.15, 0.2) is 36.4 Å². The quantitative estimate of drug-likeness (QED) is 0.920. The summed E-state index contributed by atoms with van der Waals surface area (Å²) in [5.74, 6) is 2.08. The third kappa shape index (κ3) is 2.32. The molecule has 0 fully saturated rings. The molecule has 0 aliphatic carbocycles. The predicted octanol–water partition coefficient (Wildman–Crippen LogP) is 2.68. The largest absolute Gasteiger partial charge is 0.508 e. The van der Waals surface area contributed by atoms with Crippen molar-refractivity contribution in [1.82, 2.24) is 4.90 Å². The van der Waals surface area contributed by atoms with Crippen LogP contribution in [0.1, 0.15) is 16.7 Å². The lowest BCUT2D eigenvalue weighted by molar-refractivity contribution is 0.174. The van der Waals surface area contributed by atoms with Crippen molar-refractivity contribution in [3.63, 3.8) is 0 Å². The van der Waals surface area contributed by atoms with Gasteiger partial charge in [-0.2, -0.15) is 0 Å². The Morgan fingerprint density at radius 3 is 2.62 bits per heavy atom. The molecule has 0 spiro atoms. The van der Waals surface area contributed by atoms with Gasteiger partial charge in [0.05, 0.1) is 0 Å². The number of hydrogen-bond donors (Lipinski definition) is 1. The van der Waals surface area contributed by atoms with Gasteiger partial charge in [-0.3, -0.25) is 4.90 Å². The van der Waals surface area contributed by atoms with E-state index in [2.05, 4.69) is 17.0 Å². The summed E-state index contributed by atoms with van der Waals surface area (Å²) in [6.45, 7) is 2.95. The molecule has 4 rings (SSSR count). The van der Waals surface area contributed by atoms with Gasteiger partial charge in [-0.1, -0.05) is 18.2 Å². The van der Waals surface area contributed by atoms with Crippen LogP contribution >= 0.6 is 0 Å². The molecule has 2 aliphatic rings. The van der Waals surface area contributed by atoms with Gasteiger partial charge in [-0.05, 0) is 35.7 Å². The molecule has 0 aromatic heterocycles. The van der Waals surface area contributed by atoms with Gasteiger partial charge >= 0.3 is 0 Å². The maximum Gasteiger partial charge on any atom is 0.231 e. The van der Waals surface area contributed by atoms with Gasteiger partial charge in [0.25, 0.3) is 0 Å². The number of para-hydroxylation sites is 1. The fourth-order valence-corrected chi connectivity index (χ4v) is 3.02. The summed E-state index contributed by atoms with van der Waals surface area (Å²) in [5.41, 5.74) is 3.61. The topological polar surface area (TPSA) is 41.9 Å². The van der Waals surface area contributed by atoms with Crippen LogP contribution in [0, 0.1) is 0 Å². The second-order valence-corrected chi connectivity index (χ2v) is 5.56. The van der Waals surface area contributed by atoms with Crippen LogP contribution in [-0.4, -0.2) is 23.3 Å². The number of rotatable bonds is 2. The number of benzene rings is 2. The average Bonchev–Trinajstić information content (AvgIpc) is 2.94. The minimum absolute atomic E-state index is 0.319. The van der Waals surface area contributed by atoms with E-state index in [0.29, 0.717) is 12.5 Å². The Hall–Kier alpha value is -2.20. The van der Waals surface area contributed by atoms with Crippen molar-refractivity contribution >= 4 is 0 Å². The Bertz CT molecular complexity index is 684. The Morgan fingerprint density at radius 1 is 1.05 bits per heavy atom. The van der Waals surface area contributed by atoms with E-state index < -0.39 is 0 Å². The minimum atomic E-state index is 0.319. The third-order valence-electron chi connectivity index (χ3n) is 4.17. The highest BCUT2D eigenvalue weighted by Gasteiger charge is 2.22. The van der Waals surface area contributed by atoms with Crippen molar-refractivity contribution in [2.75, 3.05) is 13.3 Å². The number of phenols is 1. The molecule has 1 N–H and O–H groups in total. The van der Waals surface area contributed by atoms with Crippen molar-refractivity contribution in [3.05, 3.63) is 53.1 Å². The molecule has 21 heavy (non-hydrogen) atoms. The molecule has 4 nitrogen and oxygen atoms in total. The molecular formula is C17H17NO3. The van der Waals surface area contributed by atoms with Crippen LogP contribution in [0.4, 0.5) is 0 Å². The lowest BCUT2D eigenvalue weighted by atomic mass is 9.98. The molecule has 0 atom stereocenters. The molecule has 0 unspecified atom stereocenters. The van der Waals surface area contributed by atoms with Crippen molar-refractivity contribution in [3.8, 4) is 17.2 Å². The molecule has 2 heterocycles. The van der Waals surface area contributed by atoms with Crippen LogP contribution in [0.2, 0.25) is 0 Å². The zero-order chi connectivity index (χ0) is 14.2. The van der Waals surface area contributed by atoms with Crippen LogP contribution < -0.4 is 9.47 Å². The number of phenolic OH excluding ortho intramolecular Hbond substituents is 1. The van der Waals surface area contributed by atoms with Crippen LogP contribution in [0.5, 0.6) is 17.2 Å². The van der Waals surface area contributed by atoms with E-state index in [9.17, 15) is 5.11 Å². The van der Waals surface area contributed by atoms with Crippen molar-refractivity contribution in [2.24, 2.45) is 0 Å². The molecule has 2 aromatic carbocycles. The first-order valence-electron chi connectivity index (χ1n) is 7.20. The number of nitrogens with zero attached hydrogens (tertiary/aromatic N) is 1. The monoisotopic (exact) mass is 283 g/mol. The minimum Gasteiger partial charge on any atom is -0.508 e.